The minimum Gasteiger partial charge on any atom is -0.337 e. The lowest BCUT2D eigenvalue weighted by Crippen LogP contribution is -2.30. The van der Waals surface area contributed by atoms with Crippen molar-refractivity contribution in [2.45, 2.75) is 39.2 Å². The molecule has 0 saturated heterocycles. The Morgan fingerprint density at radius 1 is 1.38 bits per heavy atom. The predicted molar refractivity (Wildman–Crippen MR) is 93.0 cm³/mol. The van der Waals surface area contributed by atoms with Gasteiger partial charge in [-0.05, 0) is 49.4 Å². The van der Waals surface area contributed by atoms with Crippen LogP contribution in [0.1, 0.15) is 30.9 Å². The van der Waals surface area contributed by atoms with Gasteiger partial charge in [-0.15, -0.1) is 0 Å². The number of nitrogens with zero attached hydrogens (tertiary/aromatic N) is 2. The van der Waals surface area contributed by atoms with Gasteiger partial charge in [0.25, 0.3) is 0 Å². The topological polar surface area (TPSA) is 98.5 Å². The van der Waals surface area contributed by atoms with E-state index < -0.39 is 0 Å². The van der Waals surface area contributed by atoms with E-state index in [1.165, 1.54) is 11.1 Å². The standard InChI is InChI=1S/C17H20N6O/c1-3-10-7-13-12(6-9(10)2)20-16(21-13)15-14(8-18-23-15)22-17(24)19-11-4-5-11/h6-8,11H,3-5H2,1-2H3,(H,18,23)(H,20,21)(H2,19,22,24). The van der Waals surface area contributed by atoms with Gasteiger partial charge in [0.05, 0.1) is 22.9 Å². The van der Waals surface area contributed by atoms with E-state index in [-0.39, 0.29) is 6.03 Å². The lowest BCUT2D eigenvalue weighted by Gasteiger charge is -2.05. The van der Waals surface area contributed by atoms with Crippen LogP contribution in [0.4, 0.5) is 10.5 Å². The molecular formula is C17H20N6O. The molecule has 1 aliphatic carbocycles. The number of H-pyrrole nitrogens is 2. The van der Waals surface area contributed by atoms with Crippen molar-refractivity contribution in [1.29, 1.82) is 0 Å². The Kier molecular flexibility index (Phi) is 3.48. The molecule has 2 amide bonds. The van der Waals surface area contributed by atoms with Crippen LogP contribution in [0.5, 0.6) is 0 Å². The molecule has 4 N–H and O–H groups in total. The summed E-state index contributed by atoms with van der Waals surface area (Å²) in [6, 6.07) is 4.31. The van der Waals surface area contributed by atoms with Gasteiger partial charge in [-0.1, -0.05) is 6.92 Å². The van der Waals surface area contributed by atoms with Gasteiger partial charge in [0, 0.05) is 6.04 Å². The quantitative estimate of drug-likeness (QED) is 0.593. The monoisotopic (exact) mass is 324 g/mol. The number of hydrogen-bond acceptors (Lipinski definition) is 3. The smallest absolute Gasteiger partial charge is 0.319 e. The lowest BCUT2D eigenvalue weighted by atomic mass is 10.1. The maximum Gasteiger partial charge on any atom is 0.319 e. The van der Waals surface area contributed by atoms with Gasteiger partial charge in [0.2, 0.25) is 0 Å². The van der Waals surface area contributed by atoms with E-state index in [2.05, 4.69) is 56.8 Å². The largest absolute Gasteiger partial charge is 0.337 e. The average Bonchev–Trinajstić information content (AvgIpc) is 3.08. The summed E-state index contributed by atoms with van der Waals surface area (Å²) >= 11 is 0. The molecular weight excluding hydrogens is 304 g/mol. The first-order valence-corrected chi connectivity index (χ1v) is 8.24. The fourth-order valence-electron chi connectivity index (χ4n) is 2.84. The summed E-state index contributed by atoms with van der Waals surface area (Å²) in [6.07, 6.45) is 4.67. The zero-order chi connectivity index (χ0) is 16.7. The molecule has 2 heterocycles. The van der Waals surface area contributed by atoms with Gasteiger partial charge in [-0.3, -0.25) is 5.10 Å². The lowest BCUT2D eigenvalue weighted by molar-refractivity contribution is 0.251. The molecule has 0 spiro atoms. The maximum absolute atomic E-state index is 12.0. The molecule has 0 aliphatic heterocycles. The number of anilines is 1. The number of imidazole rings is 1. The fraction of sp³-hybridized carbons (Fsp3) is 0.353. The van der Waals surface area contributed by atoms with E-state index in [1.54, 1.807) is 6.20 Å². The van der Waals surface area contributed by atoms with Crippen LogP contribution in [0.3, 0.4) is 0 Å². The minimum absolute atomic E-state index is 0.208. The molecule has 0 bridgehead atoms. The van der Waals surface area contributed by atoms with E-state index in [0.717, 1.165) is 30.3 Å². The summed E-state index contributed by atoms with van der Waals surface area (Å²) in [6.45, 7) is 4.24. The van der Waals surface area contributed by atoms with Crippen LogP contribution in [0, 0.1) is 6.92 Å². The van der Waals surface area contributed by atoms with Crippen molar-refractivity contribution in [3.05, 3.63) is 29.5 Å². The molecule has 24 heavy (non-hydrogen) atoms. The van der Waals surface area contributed by atoms with E-state index in [0.29, 0.717) is 23.2 Å². The van der Waals surface area contributed by atoms with E-state index in [1.807, 2.05) is 0 Å². The second-order valence-electron chi connectivity index (χ2n) is 6.27. The number of aromatic amines is 2. The molecule has 0 radical (unpaired) electrons. The number of aromatic nitrogens is 4. The second kappa shape index (κ2) is 5.67. The summed E-state index contributed by atoms with van der Waals surface area (Å²) in [7, 11) is 0. The van der Waals surface area contributed by atoms with Crippen LogP contribution in [-0.4, -0.2) is 32.2 Å². The van der Waals surface area contributed by atoms with Crippen molar-refractivity contribution in [1.82, 2.24) is 25.5 Å². The Morgan fingerprint density at radius 2 is 2.21 bits per heavy atom. The minimum atomic E-state index is -0.208. The van der Waals surface area contributed by atoms with Crippen LogP contribution in [0.15, 0.2) is 18.3 Å². The number of aryl methyl sites for hydroxylation is 2. The Morgan fingerprint density at radius 3 is 2.96 bits per heavy atom. The predicted octanol–water partition coefficient (Wildman–Crippen LogP) is 3.11. The number of rotatable bonds is 4. The van der Waals surface area contributed by atoms with Crippen LogP contribution in [0.25, 0.3) is 22.6 Å². The van der Waals surface area contributed by atoms with Gasteiger partial charge in [-0.2, -0.15) is 5.10 Å². The fourth-order valence-corrected chi connectivity index (χ4v) is 2.84. The average molecular weight is 324 g/mol. The highest BCUT2D eigenvalue weighted by Crippen LogP contribution is 2.27. The molecule has 2 aromatic heterocycles. The van der Waals surface area contributed by atoms with Crippen molar-refractivity contribution in [3.8, 4) is 11.5 Å². The van der Waals surface area contributed by atoms with E-state index >= 15 is 0 Å². The van der Waals surface area contributed by atoms with Crippen LogP contribution >= 0.6 is 0 Å². The summed E-state index contributed by atoms with van der Waals surface area (Å²) in [5, 5.41) is 12.7. The van der Waals surface area contributed by atoms with Crippen LogP contribution in [-0.2, 0) is 6.42 Å². The highest BCUT2D eigenvalue weighted by molar-refractivity contribution is 5.93. The van der Waals surface area contributed by atoms with Gasteiger partial charge in [0.15, 0.2) is 5.82 Å². The van der Waals surface area contributed by atoms with Gasteiger partial charge in [-0.25, -0.2) is 9.78 Å². The van der Waals surface area contributed by atoms with E-state index in [4.69, 9.17) is 0 Å². The van der Waals surface area contributed by atoms with Crippen molar-refractivity contribution in [3.63, 3.8) is 0 Å². The van der Waals surface area contributed by atoms with Crippen LogP contribution in [0.2, 0.25) is 0 Å². The number of hydrogen-bond donors (Lipinski definition) is 4. The molecule has 0 atom stereocenters. The first kappa shape index (κ1) is 14.7. The zero-order valence-corrected chi connectivity index (χ0v) is 13.7. The first-order valence-electron chi connectivity index (χ1n) is 8.24. The molecule has 0 unspecified atom stereocenters. The van der Waals surface area contributed by atoms with Crippen molar-refractivity contribution in [2.24, 2.45) is 0 Å². The molecule has 1 fully saturated rings. The maximum atomic E-state index is 12.0. The normalized spacial score (nSPS) is 14.1. The van der Waals surface area contributed by atoms with Crippen LogP contribution < -0.4 is 10.6 Å². The zero-order valence-electron chi connectivity index (χ0n) is 13.7. The molecule has 4 rings (SSSR count). The SMILES string of the molecule is CCc1cc2nc(-c3[nH]ncc3NC(=O)NC3CC3)[nH]c2cc1C. The number of nitrogens with one attached hydrogen (secondary N) is 4. The molecule has 1 saturated carbocycles. The third-order valence-corrected chi connectivity index (χ3v) is 4.36. The third kappa shape index (κ3) is 2.73. The summed E-state index contributed by atoms with van der Waals surface area (Å²) in [5.41, 5.74) is 5.70. The summed E-state index contributed by atoms with van der Waals surface area (Å²) in [4.78, 5) is 19.9. The number of urea groups is 1. The molecule has 124 valence electrons. The number of carbonyl (C=O) groups is 1. The second-order valence-corrected chi connectivity index (χ2v) is 6.27. The van der Waals surface area contributed by atoms with Crippen molar-refractivity contribution in [2.75, 3.05) is 5.32 Å². The number of fused-ring (bicyclic) bond motifs is 1. The molecule has 1 aromatic carbocycles. The molecule has 1 aliphatic rings. The number of amides is 2. The third-order valence-electron chi connectivity index (χ3n) is 4.36. The number of carbonyl (C=O) groups excluding carboxylic acids is 1. The van der Waals surface area contributed by atoms with Crippen molar-refractivity contribution >= 4 is 22.8 Å². The van der Waals surface area contributed by atoms with E-state index in [9.17, 15) is 4.79 Å². The Bertz CT molecular complexity index is 905. The molecule has 3 aromatic rings. The molecule has 7 heteroatoms. The Hall–Kier alpha value is -2.83. The highest BCUT2D eigenvalue weighted by Gasteiger charge is 2.24. The van der Waals surface area contributed by atoms with Gasteiger partial charge < -0.3 is 15.6 Å². The van der Waals surface area contributed by atoms with Crippen molar-refractivity contribution < 1.29 is 4.79 Å². The number of benzene rings is 1. The molecule has 7 nitrogen and oxygen atoms in total. The first-order chi connectivity index (χ1) is 11.6. The van der Waals surface area contributed by atoms with Gasteiger partial charge >= 0.3 is 6.03 Å². The Balaban J connectivity index is 1.65. The summed E-state index contributed by atoms with van der Waals surface area (Å²) < 4.78 is 0. The summed E-state index contributed by atoms with van der Waals surface area (Å²) in [5.74, 6) is 0.664. The van der Waals surface area contributed by atoms with Gasteiger partial charge in [0.1, 0.15) is 5.69 Å². The highest BCUT2D eigenvalue weighted by atomic mass is 16.2. The Labute approximate surface area is 139 Å².